The lowest BCUT2D eigenvalue weighted by Gasteiger charge is -2.09. The maximum absolute atomic E-state index is 12.2. The highest BCUT2D eigenvalue weighted by atomic mass is 79.9. The van der Waals surface area contributed by atoms with Crippen molar-refractivity contribution in [1.29, 1.82) is 0 Å². The molecule has 6 heteroatoms. The van der Waals surface area contributed by atoms with Gasteiger partial charge in [0.25, 0.3) is 0 Å². The molecule has 0 aliphatic heterocycles. The number of methoxy groups -OCH3 is 2. The fourth-order valence-corrected chi connectivity index (χ4v) is 2.48. The summed E-state index contributed by atoms with van der Waals surface area (Å²) in [7, 11) is 2.98. The summed E-state index contributed by atoms with van der Waals surface area (Å²) in [5.74, 6) is -0.0167. The molecule has 0 heterocycles. The lowest BCUT2D eigenvalue weighted by molar-refractivity contribution is -0.136. The first-order chi connectivity index (χ1) is 12.0. The van der Waals surface area contributed by atoms with E-state index in [1.807, 2.05) is 24.3 Å². The Balaban J connectivity index is 1.96. The van der Waals surface area contributed by atoms with Crippen molar-refractivity contribution in [3.05, 3.63) is 64.1 Å². The quantitative estimate of drug-likeness (QED) is 0.397. The molecule has 2 rings (SSSR count). The molecular formula is C19H17BrO5. The lowest BCUT2D eigenvalue weighted by atomic mass is 10.1. The second-order valence-electron chi connectivity index (χ2n) is 4.99. The van der Waals surface area contributed by atoms with Crippen molar-refractivity contribution in [2.24, 2.45) is 0 Å². The van der Waals surface area contributed by atoms with Crippen molar-refractivity contribution in [2.45, 2.75) is 0 Å². The standard InChI is InChI=1S/C19H17BrO5/c1-23-15-7-8-16(18(11-15)24-2)17(21)12-25-19(22)9-6-13-4-3-5-14(20)10-13/h3-11H,12H2,1-2H3/b9-6+. The van der Waals surface area contributed by atoms with Crippen LogP contribution >= 0.6 is 15.9 Å². The number of hydrogen-bond donors (Lipinski definition) is 0. The fourth-order valence-electron chi connectivity index (χ4n) is 2.07. The highest BCUT2D eigenvalue weighted by Gasteiger charge is 2.14. The molecule has 130 valence electrons. The summed E-state index contributed by atoms with van der Waals surface area (Å²) < 4.78 is 16.2. The number of carbonyl (C=O) groups excluding carboxylic acids is 2. The van der Waals surface area contributed by atoms with Crippen molar-refractivity contribution in [3.8, 4) is 11.5 Å². The predicted octanol–water partition coefficient (Wildman–Crippen LogP) is 3.91. The van der Waals surface area contributed by atoms with Gasteiger partial charge in [0.1, 0.15) is 11.5 Å². The van der Waals surface area contributed by atoms with Gasteiger partial charge in [-0.3, -0.25) is 4.79 Å². The lowest BCUT2D eigenvalue weighted by Crippen LogP contribution is -2.13. The molecule has 0 saturated heterocycles. The van der Waals surface area contributed by atoms with Gasteiger partial charge < -0.3 is 14.2 Å². The molecule has 0 aliphatic rings. The second-order valence-corrected chi connectivity index (χ2v) is 5.90. The normalized spacial score (nSPS) is 10.5. The fraction of sp³-hybridized carbons (Fsp3) is 0.158. The Bertz CT molecular complexity index is 798. The zero-order chi connectivity index (χ0) is 18.2. The summed E-state index contributed by atoms with van der Waals surface area (Å²) in [6.45, 7) is -0.371. The van der Waals surface area contributed by atoms with E-state index in [4.69, 9.17) is 14.2 Å². The van der Waals surface area contributed by atoms with Crippen LogP contribution in [0, 0.1) is 0 Å². The molecule has 2 aromatic rings. The van der Waals surface area contributed by atoms with Crippen LogP contribution in [0.1, 0.15) is 15.9 Å². The largest absolute Gasteiger partial charge is 0.497 e. The number of ketones is 1. The van der Waals surface area contributed by atoms with Gasteiger partial charge >= 0.3 is 5.97 Å². The summed E-state index contributed by atoms with van der Waals surface area (Å²) >= 11 is 3.35. The van der Waals surface area contributed by atoms with Crippen LogP contribution in [0.4, 0.5) is 0 Å². The molecule has 5 nitrogen and oxygen atoms in total. The molecule has 0 unspecified atom stereocenters. The minimum Gasteiger partial charge on any atom is -0.497 e. The number of esters is 1. The molecular weight excluding hydrogens is 388 g/mol. The first-order valence-electron chi connectivity index (χ1n) is 7.39. The van der Waals surface area contributed by atoms with E-state index < -0.39 is 5.97 Å². The molecule has 0 fully saturated rings. The van der Waals surface area contributed by atoms with E-state index in [1.54, 1.807) is 24.3 Å². The van der Waals surface area contributed by atoms with Crippen LogP contribution in [0.25, 0.3) is 6.08 Å². The first-order valence-corrected chi connectivity index (χ1v) is 8.18. The number of ether oxygens (including phenoxy) is 3. The molecule has 0 N–H and O–H groups in total. The zero-order valence-corrected chi connectivity index (χ0v) is 15.4. The van der Waals surface area contributed by atoms with Gasteiger partial charge in [-0.1, -0.05) is 28.1 Å². The van der Waals surface area contributed by atoms with E-state index in [0.29, 0.717) is 17.1 Å². The number of benzene rings is 2. The van der Waals surface area contributed by atoms with E-state index >= 15 is 0 Å². The van der Waals surface area contributed by atoms with Crippen molar-refractivity contribution >= 4 is 33.8 Å². The van der Waals surface area contributed by atoms with Crippen molar-refractivity contribution in [2.75, 3.05) is 20.8 Å². The van der Waals surface area contributed by atoms with Crippen LogP contribution in [-0.4, -0.2) is 32.6 Å². The molecule has 0 saturated carbocycles. The number of carbonyl (C=O) groups is 2. The highest BCUT2D eigenvalue weighted by molar-refractivity contribution is 9.10. The van der Waals surface area contributed by atoms with Crippen LogP contribution in [0.2, 0.25) is 0 Å². The van der Waals surface area contributed by atoms with Gasteiger partial charge in [0.2, 0.25) is 5.78 Å². The average Bonchev–Trinajstić information content (AvgIpc) is 2.63. The molecule has 0 atom stereocenters. The molecule has 0 bridgehead atoms. The summed E-state index contributed by atoms with van der Waals surface area (Å²) in [5.41, 5.74) is 1.17. The second kappa shape index (κ2) is 9.03. The maximum Gasteiger partial charge on any atom is 0.331 e. The number of halogens is 1. The Hall–Kier alpha value is -2.60. The summed E-state index contributed by atoms with van der Waals surface area (Å²) in [6.07, 6.45) is 2.89. The summed E-state index contributed by atoms with van der Waals surface area (Å²) in [6, 6.07) is 12.3. The number of hydrogen-bond acceptors (Lipinski definition) is 5. The average molecular weight is 405 g/mol. The van der Waals surface area contributed by atoms with E-state index in [-0.39, 0.29) is 12.4 Å². The van der Waals surface area contributed by atoms with Gasteiger partial charge in [-0.25, -0.2) is 4.79 Å². The van der Waals surface area contributed by atoms with Gasteiger partial charge in [-0.05, 0) is 35.9 Å². The molecule has 0 aliphatic carbocycles. The van der Waals surface area contributed by atoms with Crippen LogP contribution < -0.4 is 9.47 Å². The Morgan fingerprint density at radius 3 is 2.56 bits per heavy atom. The number of Topliss-reactive ketones (excluding diaryl/α,β-unsaturated/α-hetero) is 1. The van der Waals surface area contributed by atoms with E-state index in [2.05, 4.69) is 15.9 Å². The van der Waals surface area contributed by atoms with E-state index in [0.717, 1.165) is 10.0 Å². The third-order valence-electron chi connectivity index (χ3n) is 3.32. The molecule has 0 aromatic heterocycles. The Labute approximate surface area is 154 Å². The summed E-state index contributed by atoms with van der Waals surface area (Å²) in [4.78, 5) is 24.0. The van der Waals surface area contributed by atoms with Crippen molar-refractivity contribution < 1.29 is 23.8 Å². The topological polar surface area (TPSA) is 61.8 Å². The van der Waals surface area contributed by atoms with Crippen LogP contribution in [0.3, 0.4) is 0 Å². The molecule has 2 aromatic carbocycles. The minimum absolute atomic E-state index is 0.326. The Morgan fingerprint density at radius 2 is 1.88 bits per heavy atom. The molecule has 0 amide bonds. The molecule has 0 spiro atoms. The van der Waals surface area contributed by atoms with Crippen LogP contribution in [0.5, 0.6) is 11.5 Å². The first kappa shape index (κ1) is 18.7. The van der Waals surface area contributed by atoms with Gasteiger partial charge in [0.05, 0.1) is 19.8 Å². The van der Waals surface area contributed by atoms with Gasteiger partial charge in [-0.15, -0.1) is 0 Å². The highest BCUT2D eigenvalue weighted by Crippen LogP contribution is 2.25. The minimum atomic E-state index is -0.596. The Morgan fingerprint density at radius 1 is 1.08 bits per heavy atom. The van der Waals surface area contributed by atoms with E-state index in [1.165, 1.54) is 20.3 Å². The molecule has 25 heavy (non-hydrogen) atoms. The van der Waals surface area contributed by atoms with E-state index in [9.17, 15) is 9.59 Å². The predicted molar refractivity (Wildman–Crippen MR) is 98.0 cm³/mol. The Kier molecular flexibility index (Phi) is 6.77. The SMILES string of the molecule is COc1ccc(C(=O)COC(=O)/C=C/c2cccc(Br)c2)c(OC)c1. The van der Waals surface area contributed by atoms with Crippen LogP contribution in [0.15, 0.2) is 53.0 Å². The van der Waals surface area contributed by atoms with Gasteiger partial charge in [0, 0.05) is 16.6 Å². The third-order valence-corrected chi connectivity index (χ3v) is 3.81. The third kappa shape index (κ3) is 5.46. The molecule has 0 radical (unpaired) electrons. The zero-order valence-electron chi connectivity index (χ0n) is 13.8. The monoisotopic (exact) mass is 404 g/mol. The maximum atomic E-state index is 12.2. The van der Waals surface area contributed by atoms with Gasteiger partial charge in [0.15, 0.2) is 6.61 Å². The summed E-state index contributed by atoms with van der Waals surface area (Å²) in [5, 5.41) is 0. The van der Waals surface area contributed by atoms with Crippen LogP contribution in [-0.2, 0) is 9.53 Å². The number of rotatable bonds is 7. The van der Waals surface area contributed by atoms with Gasteiger partial charge in [-0.2, -0.15) is 0 Å². The van der Waals surface area contributed by atoms with Crippen molar-refractivity contribution in [3.63, 3.8) is 0 Å². The van der Waals surface area contributed by atoms with Crippen molar-refractivity contribution in [1.82, 2.24) is 0 Å². The smallest absolute Gasteiger partial charge is 0.331 e.